The average Bonchev–Trinajstić information content (AvgIpc) is 3.44. The number of esters is 1. The summed E-state index contributed by atoms with van der Waals surface area (Å²) in [6.45, 7) is 4.96. The van der Waals surface area contributed by atoms with E-state index in [1.807, 2.05) is 6.08 Å². The lowest BCUT2D eigenvalue weighted by molar-refractivity contribution is -0.143. The molecule has 0 aromatic rings. The van der Waals surface area contributed by atoms with Crippen molar-refractivity contribution in [2.75, 3.05) is 13.2 Å². The highest BCUT2D eigenvalue weighted by Crippen LogP contribution is 2.19. The SMILES string of the molecule is CCCCCCCCCCCCCCCCCCCCC/C=C/C(O)C(CO)NC(=O)CCCCCCCCCCCCCCCCCCCCCCCCCCOC(=O)CCCCCCCCCCCCCCCCCC. The molecule has 2 unspecified atom stereocenters. The van der Waals surface area contributed by atoms with Crippen molar-refractivity contribution >= 4 is 11.9 Å². The van der Waals surface area contributed by atoms with E-state index in [1.54, 1.807) is 6.08 Å². The molecule has 0 aliphatic carbocycles. The number of hydrogen-bond acceptors (Lipinski definition) is 5. The molecule has 0 rings (SSSR count). The van der Waals surface area contributed by atoms with Gasteiger partial charge in [-0.1, -0.05) is 379 Å². The highest BCUT2D eigenvalue weighted by Gasteiger charge is 2.18. The van der Waals surface area contributed by atoms with Gasteiger partial charge in [-0.15, -0.1) is 0 Å². The van der Waals surface area contributed by atoms with Gasteiger partial charge in [0.15, 0.2) is 0 Å². The van der Waals surface area contributed by atoms with E-state index in [-0.39, 0.29) is 18.5 Å². The molecule has 6 nitrogen and oxygen atoms in total. The summed E-state index contributed by atoms with van der Waals surface area (Å²) < 4.78 is 5.50. The monoisotopic (exact) mass is 1100 g/mol. The van der Waals surface area contributed by atoms with Gasteiger partial charge in [-0.3, -0.25) is 9.59 Å². The number of carbonyl (C=O) groups is 2. The summed E-state index contributed by atoms with van der Waals surface area (Å²) in [5, 5.41) is 23.3. The molecule has 0 radical (unpaired) electrons. The van der Waals surface area contributed by atoms with E-state index in [9.17, 15) is 19.8 Å². The third kappa shape index (κ3) is 63.8. The van der Waals surface area contributed by atoms with Crippen LogP contribution in [0.3, 0.4) is 0 Å². The van der Waals surface area contributed by atoms with E-state index in [0.29, 0.717) is 19.4 Å². The van der Waals surface area contributed by atoms with Crippen LogP contribution in [0.15, 0.2) is 12.2 Å². The van der Waals surface area contributed by atoms with E-state index in [0.717, 1.165) is 38.5 Å². The summed E-state index contributed by atoms with van der Waals surface area (Å²) in [6, 6.07) is -0.627. The molecular formula is C72H141NO5. The van der Waals surface area contributed by atoms with Gasteiger partial charge in [0.1, 0.15) is 0 Å². The van der Waals surface area contributed by atoms with Crippen LogP contribution < -0.4 is 5.32 Å². The minimum Gasteiger partial charge on any atom is -0.466 e. The number of unbranched alkanes of at least 4 members (excludes halogenated alkanes) is 57. The minimum absolute atomic E-state index is 0.0196. The first-order chi connectivity index (χ1) is 38.5. The van der Waals surface area contributed by atoms with E-state index in [2.05, 4.69) is 19.2 Å². The second-order valence-corrected chi connectivity index (χ2v) is 24.9. The Balaban J connectivity index is 3.38. The molecule has 0 bridgehead atoms. The number of ether oxygens (including phenoxy) is 1. The first-order valence-electron chi connectivity index (χ1n) is 36.0. The second-order valence-electron chi connectivity index (χ2n) is 24.9. The fourth-order valence-electron chi connectivity index (χ4n) is 11.6. The molecule has 1 amide bonds. The molecule has 0 aromatic heterocycles. The molecular weight excluding hydrogens is 959 g/mol. The Morgan fingerprint density at radius 2 is 0.590 bits per heavy atom. The fraction of sp³-hybridized carbons (Fsp3) is 0.944. The fourth-order valence-corrected chi connectivity index (χ4v) is 11.6. The second kappa shape index (κ2) is 68.1. The van der Waals surface area contributed by atoms with Crippen molar-refractivity contribution in [1.29, 1.82) is 0 Å². The van der Waals surface area contributed by atoms with Gasteiger partial charge in [0, 0.05) is 12.8 Å². The van der Waals surface area contributed by atoms with Crippen molar-refractivity contribution in [2.45, 2.75) is 424 Å². The predicted molar refractivity (Wildman–Crippen MR) is 343 cm³/mol. The first-order valence-corrected chi connectivity index (χ1v) is 36.0. The van der Waals surface area contributed by atoms with Gasteiger partial charge in [0.05, 0.1) is 25.4 Å². The van der Waals surface area contributed by atoms with Crippen molar-refractivity contribution in [1.82, 2.24) is 5.32 Å². The predicted octanol–water partition coefficient (Wildman–Crippen LogP) is 23.1. The molecule has 0 heterocycles. The third-order valence-corrected chi connectivity index (χ3v) is 17.1. The van der Waals surface area contributed by atoms with Crippen molar-refractivity contribution in [3.8, 4) is 0 Å². The lowest BCUT2D eigenvalue weighted by Crippen LogP contribution is -2.45. The summed E-state index contributed by atoms with van der Waals surface area (Å²) in [5.41, 5.74) is 0. The van der Waals surface area contributed by atoms with Gasteiger partial charge in [-0.2, -0.15) is 0 Å². The van der Waals surface area contributed by atoms with Crippen LogP contribution in [0.1, 0.15) is 412 Å². The normalized spacial score (nSPS) is 12.5. The standard InChI is InChI=1S/C72H141NO5/c1-3-5-7-9-11-13-15-17-19-21-22-27-30-33-36-40-44-48-52-56-60-64-70(75)69(68-74)73-71(76)65-61-57-53-49-45-41-37-34-31-28-25-23-24-26-29-32-35-39-43-47-51-55-59-63-67-78-72(77)66-62-58-54-50-46-42-38-20-18-16-14-12-10-8-6-4-2/h60,64,69-70,74-75H,3-59,61-63,65-68H2,1-2H3,(H,73,76)/b64-60+. The molecule has 0 aliphatic heterocycles. The molecule has 0 saturated carbocycles. The molecule has 0 spiro atoms. The molecule has 464 valence electrons. The Labute approximate surface area is 489 Å². The van der Waals surface area contributed by atoms with E-state index < -0.39 is 12.1 Å². The Kier molecular flexibility index (Phi) is 66.9. The van der Waals surface area contributed by atoms with Crippen LogP contribution in [-0.2, 0) is 14.3 Å². The number of amides is 1. The van der Waals surface area contributed by atoms with E-state index in [1.165, 1.54) is 347 Å². The number of rotatable bonds is 68. The maximum atomic E-state index is 12.5. The van der Waals surface area contributed by atoms with E-state index >= 15 is 0 Å². The minimum atomic E-state index is -0.844. The number of hydrogen-bond donors (Lipinski definition) is 3. The van der Waals surface area contributed by atoms with Crippen LogP contribution in [-0.4, -0.2) is 47.4 Å². The molecule has 2 atom stereocenters. The number of allylic oxidation sites excluding steroid dienone is 1. The first kappa shape index (κ1) is 76.6. The largest absolute Gasteiger partial charge is 0.466 e. The highest BCUT2D eigenvalue weighted by atomic mass is 16.5. The smallest absolute Gasteiger partial charge is 0.305 e. The molecule has 78 heavy (non-hydrogen) atoms. The van der Waals surface area contributed by atoms with Crippen LogP contribution in [0.4, 0.5) is 0 Å². The van der Waals surface area contributed by atoms with Crippen molar-refractivity contribution < 1.29 is 24.5 Å². The number of aliphatic hydroxyl groups is 2. The molecule has 6 heteroatoms. The summed E-state index contributed by atoms with van der Waals surface area (Å²) in [7, 11) is 0. The zero-order valence-corrected chi connectivity index (χ0v) is 53.2. The Morgan fingerprint density at radius 3 is 0.872 bits per heavy atom. The van der Waals surface area contributed by atoms with Crippen LogP contribution in [0.25, 0.3) is 0 Å². The van der Waals surface area contributed by atoms with Gasteiger partial charge >= 0.3 is 5.97 Å². The highest BCUT2D eigenvalue weighted by molar-refractivity contribution is 5.76. The van der Waals surface area contributed by atoms with Gasteiger partial charge in [-0.25, -0.2) is 0 Å². The summed E-state index contributed by atoms with van der Waals surface area (Å²) in [4.78, 5) is 24.6. The maximum absolute atomic E-state index is 12.5. The number of aliphatic hydroxyl groups excluding tert-OH is 2. The quantitative estimate of drug-likeness (QED) is 0.0320. The zero-order valence-electron chi connectivity index (χ0n) is 53.2. The maximum Gasteiger partial charge on any atom is 0.305 e. The molecule has 0 aromatic carbocycles. The van der Waals surface area contributed by atoms with Gasteiger partial charge in [0.2, 0.25) is 5.91 Å². The van der Waals surface area contributed by atoms with Gasteiger partial charge in [0.25, 0.3) is 0 Å². The molecule has 0 aliphatic rings. The summed E-state index contributed by atoms with van der Waals surface area (Å²) in [5.74, 6) is -0.0424. The Morgan fingerprint density at radius 1 is 0.346 bits per heavy atom. The molecule has 3 N–H and O–H groups in total. The topological polar surface area (TPSA) is 95.9 Å². The summed E-state index contributed by atoms with van der Waals surface area (Å²) >= 11 is 0. The van der Waals surface area contributed by atoms with Crippen molar-refractivity contribution in [2.24, 2.45) is 0 Å². The number of nitrogens with one attached hydrogen (secondary N) is 1. The zero-order chi connectivity index (χ0) is 56.4. The van der Waals surface area contributed by atoms with Crippen molar-refractivity contribution in [3.63, 3.8) is 0 Å². The van der Waals surface area contributed by atoms with E-state index in [4.69, 9.17) is 4.74 Å². The van der Waals surface area contributed by atoms with Gasteiger partial charge in [-0.05, 0) is 32.1 Å². The Hall–Kier alpha value is -1.40. The average molecular weight is 1100 g/mol. The number of carbonyl (C=O) groups excluding carboxylic acids is 2. The third-order valence-electron chi connectivity index (χ3n) is 17.1. The van der Waals surface area contributed by atoms with Crippen LogP contribution in [0, 0.1) is 0 Å². The van der Waals surface area contributed by atoms with Crippen LogP contribution in [0.5, 0.6) is 0 Å². The Bertz CT molecular complexity index is 1180. The lowest BCUT2D eigenvalue weighted by atomic mass is 10.0. The van der Waals surface area contributed by atoms with Gasteiger partial charge < -0.3 is 20.3 Å². The van der Waals surface area contributed by atoms with Crippen molar-refractivity contribution in [3.05, 3.63) is 12.2 Å². The lowest BCUT2D eigenvalue weighted by Gasteiger charge is -2.20. The molecule has 0 fully saturated rings. The molecule has 0 saturated heterocycles. The summed E-state index contributed by atoms with van der Waals surface area (Å²) in [6.07, 6.45) is 84.3. The van der Waals surface area contributed by atoms with Crippen LogP contribution >= 0.6 is 0 Å². The van der Waals surface area contributed by atoms with Crippen LogP contribution in [0.2, 0.25) is 0 Å².